The number of sulfonamides is 1. The summed E-state index contributed by atoms with van der Waals surface area (Å²) in [5.41, 5.74) is 0.203. The Labute approximate surface area is 191 Å². The van der Waals surface area contributed by atoms with Crippen molar-refractivity contribution in [3.8, 4) is 5.75 Å². The second kappa shape index (κ2) is 8.85. The van der Waals surface area contributed by atoms with Gasteiger partial charge in [-0.1, -0.05) is 46.3 Å². The molecule has 32 heavy (non-hydrogen) atoms. The van der Waals surface area contributed by atoms with E-state index in [-0.39, 0.29) is 27.7 Å². The minimum Gasteiger partial charge on any atom is -0.505 e. The summed E-state index contributed by atoms with van der Waals surface area (Å²) in [5, 5.41) is 18.9. The van der Waals surface area contributed by atoms with Gasteiger partial charge in [-0.15, -0.1) is 10.2 Å². The number of benzene rings is 3. The lowest BCUT2D eigenvalue weighted by molar-refractivity contribution is 0.0990. The van der Waals surface area contributed by atoms with Gasteiger partial charge < -0.3 is 5.11 Å². The van der Waals surface area contributed by atoms with Gasteiger partial charge in [0, 0.05) is 21.4 Å². The fourth-order valence-corrected chi connectivity index (χ4v) is 4.30. The van der Waals surface area contributed by atoms with Crippen LogP contribution in [0.5, 0.6) is 5.75 Å². The molecule has 1 heterocycles. The number of carbonyl (C=O) groups excluding carboxylic acids is 1. The first-order valence-corrected chi connectivity index (χ1v) is 11.5. The van der Waals surface area contributed by atoms with Gasteiger partial charge in [-0.25, -0.2) is 8.42 Å². The smallest absolute Gasteiger partial charge is 0.313 e. The van der Waals surface area contributed by atoms with E-state index in [0.29, 0.717) is 10.8 Å². The largest absolute Gasteiger partial charge is 0.505 e. The molecule has 0 aliphatic heterocycles. The van der Waals surface area contributed by atoms with E-state index in [9.17, 15) is 18.3 Å². The second-order valence-corrected chi connectivity index (χ2v) is 9.22. The number of nitrogens with one attached hydrogen (secondary N) is 1. The fourth-order valence-electron chi connectivity index (χ4n) is 2.96. The summed E-state index contributed by atoms with van der Waals surface area (Å²) in [5.74, 6) is -0.931. The molecular weight excluding hydrogens is 496 g/mol. The molecule has 160 valence electrons. The SMILES string of the molecule is O=C(N=Nc1cc(NS(=O)(=O)c2ccc(Br)cc2)c2ccccc2c1O)c1ccccn1. The van der Waals surface area contributed by atoms with E-state index in [2.05, 4.69) is 35.9 Å². The zero-order valence-corrected chi connectivity index (χ0v) is 18.7. The Kier molecular flexibility index (Phi) is 5.97. The van der Waals surface area contributed by atoms with E-state index < -0.39 is 15.9 Å². The highest BCUT2D eigenvalue weighted by Crippen LogP contribution is 2.40. The Hall–Kier alpha value is -3.63. The molecule has 0 saturated carbocycles. The van der Waals surface area contributed by atoms with Gasteiger partial charge in [0.25, 0.3) is 10.0 Å². The molecule has 0 spiro atoms. The highest BCUT2D eigenvalue weighted by atomic mass is 79.9. The number of phenolic OH excluding ortho intramolecular Hbond substituents is 1. The van der Waals surface area contributed by atoms with Crippen LogP contribution in [0.1, 0.15) is 10.5 Å². The van der Waals surface area contributed by atoms with Crippen LogP contribution in [0, 0.1) is 0 Å². The monoisotopic (exact) mass is 510 g/mol. The average Bonchev–Trinajstić information content (AvgIpc) is 2.80. The van der Waals surface area contributed by atoms with Crippen molar-refractivity contribution in [2.45, 2.75) is 4.90 Å². The standard InChI is InChI=1S/C22H15BrN4O4S/c23-14-8-10-15(11-9-14)32(30,31)27-19-13-20(21(28)17-6-2-1-5-16(17)19)25-26-22(29)18-7-3-4-12-24-18/h1-13,27-28H. The van der Waals surface area contributed by atoms with E-state index in [1.165, 1.54) is 30.5 Å². The molecule has 0 aliphatic carbocycles. The van der Waals surface area contributed by atoms with Crippen molar-refractivity contribution in [2.75, 3.05) is 4.72 Å². The zero-order chi connectivity index (χ0) is 22.7. The van der Waals surface area contributed by atoms with Crippen molar-refractivity contribution in [1.82, 2.24) is 4.98 Å². The van der Waals surface area contributed by atoms with Gasteiger partial charge in [0.2, 0.25) is 0 Å². The van der Waals surface area contributed by atoms with E-state index >= 15 is 0 Å². The van der Waals surface area contributed by atoms with Gasteiger partial charge in [0.05, 0.1) is 10.6 Å². The van der Waals surface area contributed by atoms with Crippen molar-refractivity contribution in [3.63, 3.8) is 0 Å². The third kappa shape index (κ3) is 4.51. The third-order valence-corrected chi connectivity index (χ3v) is 6.41. The summed E-state index contributed by atoms with van der Waals surface area (Å²) >= 11 is 3.28. The van der Waals surface area contributed by atoms with E-state index in [0.717, 1.165) is 4.47 Å². The molecule has 0 saturated heterocycles. The predicted molar refractivity (Wildman–Crippen MR) is 124 cm³/mol. The van der Waals surface area contributed by atoms with Crippen LogP contribution in [0.2, 0.25) is 0 Å². The van der Waals surface area contributed by atoms with E-state index in [1.807, 2.05) is 0 Å². The van der Waals surface area contributed by atoms with Crippen LogP contribution < -0.4 is 4.72 Å². The van der Waals surface area contributed by atoms with Crippen LogP contribution >= 0.6 is 15.9 Å². The Morgan fingerprint density at radius 1 is 0.969 bits per heavy atom. The summed E-state index contributed by atoms with van der Waals surface area (Å²) in [4.78, 5) is 16.2. The van der Waals surface area contributed by atoms with Crippen molar-refractivity contribution >= 4 is 54.0 Å². The molecule has 0 fully saturated rings. The van der Waals surface area contributed by atoms with Crippen LogP contribution in [-0.4, -0.2) is 24.4 Å². The lowest BCUT2D eigenvalue weighted by atomic mass is 10.1. The first-order valence-electron chi connectivity index (χ1n) is 9.25. The number of hydrogen-bond acceptors (Lipinski definition) is 6. The van der Waals surface area contributed by atoms with E-state index in [4.69, 9.17) is 0 Å². The quantitative estimate of drug-likeness (QED) is 0.274. The fraction of sp³-hybridized carbons (Fsp3) is 0. The Bertz CT molecular complexity index is 1440. The third-order valence-electron chi connectivity index (χ3n) is 4.50. The lowest BCUT2D eigenvalue weighted by Crippen LogP contribution is -2.13. The van der Waals surface area contributed by atoms with Crippen LogP contribution in [0.4, 0.5) is 11.4 Å². The van der Waals surface area contributed by atoms with Gasteiger partial charge in [-0.3, -0.25) is 14.5 Å². The number of halogens is 1. The number of hydrogen-bond donors (Lipinski definition) is 2. The number of azo groups is 1. The van der Waals surface area contributed by atoms with Gasteiger partial charge >= 0.3 is 5.91 Å². The first-order chi connectivity index (χ1) is 15.3. The number of nitrogens with zero attached hydrogens (tertiary/aromatic N) is 3. The van der Waals surface area contributed by atoms with Gasteiger partial charge in [-0.2, -0.15) is 0 Å². The van der Waals surface area contributed by atoms with Crippen LogP contribution in [0.15, 0.2) is 98.6 Å². The zero-order valence-electron chi connectivity index (χ0n) is 16.3. The topological polar surface area (TPSA) is 121 Å². The summed E-state index contributed by atoms with van der Waals surface area (Å²) in [6.45, 7) is 0. The normalized spacial score (nSPS) is 11.7. The minimum absolute atomic E-state index is 0.0614. The molecule has 1 amide bonds. The van der Waals surface area contributed by atoms with Gasteiger partial charge in [0.1, 0.15) is 11.4 Å². The number of pyridine rings is 1. The molecule has 0 bridgehead atoms. The molecule has 10 heteroatoms. The predicted octanol–water partition coefficient (Wildman–Crippen LogP) is 5.43. The molecule has 1 aromatic heterocycles. The van der Waals surface area contributed by atoms with Crippen LogP contribution in [0.25, 0.3) is 10.8 Å². The maximum absolute atomic E-state index is 12.9. The van der Waals surface area contributed by atoms with Gasteiger partial charge in [0.15, 0.2) is 5.75 Å². The lowest BCUT2D eigenvalue weighted by Gasteiger charge is -2.13. The molecule has 4 aromatic rings. The molecule has 0 atom stereocenters. The number of amides is 1. The molecule has 2 N–H and O–H groups in total. The average molecular weight is 511 g/mol. The summed E-state index contributed by atoms with van der Waals surface area (Å²) < 4.78 is 29.1. The maximum Gasteiger partial charge on any atom is 0.313 e. The van der Waals surface area contributed by atoms with Crippen molar-refractivity contribution in [3.05, 3.63) is 89.2 Å². The van der Waals surface area contributed by atoms with Crippen LogP contribution in [-0.2, 0) is 10.0 Å². The van der Waals surface area contributed by atoms with Crippen LogP contribution in [0.3, 0.4) is 0 Å². The molecule has 8 nitrogen and oxygen atoms in total. The maximum atomic E-state index is 12.9. The highest BCUT2D eigenvalue weighted by Gasteiger charge is 2.18. The molecule has 3 aromatic carbocycles. The Balaban J connectivity index is 1.76. The molecule has 0 aliphatic rings. The van der Waals surface area contributed by atoms with E-state index in [1.54, 1.807) is 48.5 Å². The molecular formula is C22H15BrN4O4S. The van der Waals surface area contributed by atoms with Crippen molar-refractivity contribution in [1.29, 1.82) is 0 Å². The second-order valence-electron chi connectivity index (χ2n) is 6.62. The van der Waals surface area contributed by atoms with Crippen molar-refractivity contribution < 1.29 is 18.3 Å². The number of aromatic nitrogens is 1. The number of anilines is 1. The molecule has 0 radical (unpaired) electrons. The summed E-state index contributed by atoms with van der Waals surface area (Å²) in [6.07, 6.45) is 1.45. The number of aromatic hydroxyl groups is 1. The minimum atomic E-state index is -3.93. The Morgan fingerprint density at radius 2 is 1.66 bits per heavy atom. The summed E-state index contributed by atoms with van der Waals surface area (Å²) in [6, 6.07) is 18.9. The first kappa shape index (κ1) is 21.6. The number of carbonyl (C=O) groups is 1. The number of phenols is 1. The number of fused-ring (bicyclic) bond motifs is 1. The summed E-state index contributed by atoms with van der Waals surface area (Å²) in [7, 11) is -3.93. The van der Waals surface area contributed by atoms with Gasteiger partial charge in [-0.05, 0) is 42.5 Å². The number of rotatable bonds is 5. The molecule has 4 rings (SSSR count). The highest BCUT2D eigenvalue weighted by molar-refractivity contribution is 9.10. The Morgan fingerprint density at radius 3 is 2.34 bits per heavy atom. The molecule has 0 unspecified atom stereocenters. The van der Waals surface area contributed by atoms with Crippen molar-refractivity contribution in [2.24, 2.45) is 10.2 Å².